The first-order valence-corrected chi connectivity index (χ1v) is 9.91. The molecule has 0 amide bonds. The van der Waals surface area contributed by atoms with Crippen LogP contribution in [0.4, 0.5) is 5.69 Å². The van der Waals surface area contributed by atoms with Crippen molar-refractivity contribution in [3.8, 4) is 5.75 Å². The average Bonchev–Trinajstić information content (AvgIpc) is 2.73. The minimum absolute atomic E-state index is 0.365. The Balaban J connectivity index is 1.78. The molecule has 0 aliphatic rings. The molecule has 150 valence electrons. The number of benzene rings is 2. The van der Waals surface area contributed by atoms with Crippen molar-refractivity contribution in [2.75, 3.05) is 19.0 Å². The highest BCUT2D eigenvalue weighted by atomic mass is 16.5. The molecule has 0 saturated carbocycles. The van der Waals surface area contributed by atoms with Gasteiger partial charge in [0.25, 0.3) is 0 Å². The third-order valence-electron chi connectivity index (χ3n) is 4.44. The van der Waals surface area contributed by atoms with Crippen molar-refractivity contribution in [3.05, 3.63) is 59.7 Å². The predicted molar refractivity (Wildman–Crippen MR) is 111 cm³/mol. The summed E-state index contributed by atoms with van der Waals surface area (Å²) in [6, 6.07) is 13.4. The van der Waals surface area contributed by atoms with Crippen LogP contribution in [0.3, 0.4) is 0 Å². The largest absolute Gasteiger partial charge is 0.462 e. The Morgan fingerprint density at radius 2 is 1.36 bits per heavy atom. The Morgan fingerprint density at radius 1 is 0.786 bits per heavy atom. The maximum Gasteiger partial charge on any atom is 0.343 e. The van der Waals surface area contributed by atoms with Crippen molar-refractivity contribution < 1.29 is 19.1 Å². The molecule has 0 radical (unpaired) electrons. The second-order valence-electron chi connectivity index (χ2n) is 6.64. The molecule has 0 saturated heterocycles. The SMILES string of the molecule is CCCCCCCCOC(=O)c1ccc(C(=O)Oc2ccc(NC)cc2)cc1. The third-order valence-corrected chi connectivity index (χ3v) is 4.44. The number of ether oxygens (including phenoxy) is 2. The zero-order valence-electron chi connectivity index (χ0n) is 16.7. The van der Waals surface area contributed by atoms with Crippen LogP contribution in [-0.4, -0.2) is 25.6 Å². The second-order valence-corrected chi connectivity index (χ2v) is 6.64. The first-order chi connectivity index (χ1) is 13.6. The highest BCUT2D eigenvalue weighted by molar-refractivity contribution is 5.94. The van der Waals surface area contributed by atoms with Gasteiger partial charge in [-0.3, -0.25) is 0 Å². The predicted octanol–water partition coefficient (Wildman–Crippen LogP) is 5.46. The summed E-state index contributed by atoms with van der Waals surface area (Å²) in [4.78, 5) is 24.3. The van der Waals surface area contributed by atoms with Gasteiger partial charge in [-0.15, -0.1) is 0 Å². The molecule has 1 N–H and O–H groups in total. The van der Waals surface area contributed by atoms with E-state index in [9.17, 15) is 9.59 Å². The Morgan fingerprint density at radius 3 is 1.96 bits per heavy atom. The van der Waals surface area contributed by atoms with Crippen molar-refractivity contribution >= 4 is 17.6 Å². The Bertz CT molecular complexity index is 738. The molecule has 0 unspecified atom stereocenters. The van der Waals surface area contributed by atoms with E-state index < -0.39 is 5.97 Å². The minimum Gasteiger partial charge on any atom is -0.462 e. The number of nitrogens with one attached hydrogen (secondary N) is 1. The van der Waals surface area contributed by atoms with E-state index in [1.807, 2.05) is 19.2 Å². The zero-order chi connectivity index (χ0) is 20.2. The first kappa shape index (κ1) is 21.5. The van der Waals surface area contributed by atoms with Crippen molar-refractivity contribution in [2.45, 2.75) is 45.4 Å². The van der Waals surface area contributed by atoms with Crippen molar-refractivity contribution in [3.63, 3.8) is 0 Å². The van der Waals surface area contributed by atoms with Gasteiger partial charge in [0.1, 0.15) is 5.75 Å². The Labute approximate surface area is 167 Å². The number of esters is 2. The van der Waals surface area contributed by atoms with Gasteiger partial charge in [0, 0.05) is 12.7 Å². The highest BCUT2D eigenvalue weighted by Gasteiger charge is 2.12. The van der Waals surface area contributed by atoms with Crippen molar-refractivity contribution in [2.24, 2.45) is 0 Å². The lowest BCUT2D eigenvalue weighted by atomic mass is 10.1. The molecule has 2 aromatic rings. The Kier molecular flexibility index (Phi) is 9.05. The summed E-state index contributed by atoms with van der Waals surface area (Å²) >= 11 is 0. The smallest absolute Gasteiger partial charge is 0.343 e. The van der Waals surface area contributed by atoms with E-state index in [1.54, 1.807) is 36.4 Å². The molecular formula is C23H29NO4. The minimum atomic E-state index is -0.468. The van der Waals surface area contributed by atoms with E-state index in [0.29, 0.717) is 23.5 Å². The summed E-state index contributed by atoms with van der Waals surface area (Å²) in [5, 5.41) is 3.00. The van der Waals surface area contributed by atoms with Gasteiger partial charge in [-0.05, 0) is 55.0 Å². The van der Waals surface area contributed by atoms with Crippen LogP contribution in [0.25, 0.3) is 0 Å². The van der Waals surface area contributed by atoms with Crippen LogP contribution in [0.15, 0.2) is 48.5 Å². The number of hydrogen-bond acceptors (Lipinski definition) is 5. The van der Waals surface area contributed by atoms with Gasteiger partial charge in [0.15, 0.2) is 0 Å². The molecule has 2 rings (SSSR count). The van der Waals surface area contributed by atoms with E-state index in [4.69, 9.17) is 9.47 Å². The lowest BCUT2D eigenvalue weighted by Gasteiger charge is -2.07. The molecule has 0 heterocycles. The number of hydrogen-bond donors (Lipinski definition) is 1. The fourth-order valence-electron chi connectivity index (χ4n) is 2.73. The van der Waals surface area contributed by atoms with Crippen LogP contribution in [0.5, 0.6) is 5.75 Å². The number of anilines is 1. The summed E-state index contributed by atoms with van der Waals surface area (Å²) in [6.07, 6.45) is 6.86. The van der Waals surface area contributed by atoms with Gasteiger partial charge in [0.2, 0.25) is 0 Å². The van der Waals surface area contributed by atoms with Crippen LogP contribution in [0.2, 0.25) is 0 Å². The van der Waals surface area contributed by atoms with E-state index in [2.05, 4.69) is 12.2 Å². The van der Waals surface area contributed by atoms with Gasteiger partial charge < -0.3 is 14.8 Å². The Hall–Kier alpha value is -2.82. The highest BCUT2D eigenvalue weighted by Crippen LogP contribution is 2.17. The quantitative estimate of drug-likeness (QED) is 0.317. The molecule has 0 spiro atoms. The fraction of sp³-hybridized carbons (Fsp3) is 0.391. The molecule has 0 aliphatic heterocycles. The van der Waals surface area contributed by atoms with Crippen LogP contribution in [0, 0.1) is 0 Å². The summed E-state index contributed by atoms with van der Waals surface area (Å²) in [5.74, 6) is -0.369. The molecule has 0 aromatic heterocycles. The van der Waals surface area contributed by atoms with Gasteiger partial charge in [-0.1, -0.05) is 39.0 Å². The van der Waals surface area contributed by atoms with Gasteiger partial charge in [0.05, 0.1) is 17.7 Å². The molecule has 5 nitrogen and oxygen atoms in total. The summed E-state index contributed by atoms with van der Waals surface area (Å²) in [5.41, 5.74) is 1.75. The standard InChI is InChI=1S/C23H29NO4/c1-3-4-5-6-7-8-17-27-22(25)18-9-11-19(12-10-18)23(26)28-21-15-13-20(24-2)14-16-21/h9-16,24H,3-8,17H2,1-2H3. The molecular weight excluding hydrogens is 354 g/mol. The average molecular weight is 383 g/mol. The molecule has 28 heavy (non-hydrogen) atoms. The van der Waals surface area contributed by atoms with Crippen LogP contribution < -0.4 is 10.1 Å². The van der Waals surface area contributed by atoms with Crippen molar-refractivity contribution in [1.29, 1.82) is 0 Å². The molecule has 2 aromatic carbocycles. The maximum absolute atomic E-state index is 12.2. The number of rotatable bonds is 11. The molecule has 0 bridgehead atoms. The lowest BCUT2D eigenvalue weighted by Crippen LogP contribution is -2.10. The summed E-state index contributed by atoms with van der Waals surface area (Å²) < 4.78 is 10.6. The van der Waals surface area contributed by atoms with Gasteiger partial charge in [-0.25, -0.2) is 9.59 Å². The first-order valence-electron chi connectivity index (χ1n) is 9.91. The zero-order valence-corrected chi connectivity index (χ0v) is 16.7. The molecule has 0 atom stereocenters. The van der Waals surface area contributed by atoms with Gasteiger partial charge >= 0.3 is 11.9 Å². The number of unbranched alkanes of at least 4 members (excludes halogenated alkanes) is 5. The van der Waals surface area contributed by atoms with Crippen LogP contribution in [-0.2, 0) is 4.74 Å². The second kappa shape index (κ2) is 11.8. The van der Waals surface area contributed by atoms with Crippen molar-refractivity contribution in [1.82, 2.24) is 0 Å². The maximum atomic E-state index is 12.2. The van der Waals surface area contributed by atoms with Crippen LogP contribution >= 0.6 is 0 Å². The number of carbonyl (C=O) groups excluding carboxylic acids is 2. The van der Waals surface area contributed by atoms with E-state index in [1.165, 1.54) is 25.7 Å². The molecule has 0 fully saturated rings. The molecule has 5 heteroatoms. The number of carbonyl (C=O) groups is 2. The van der Waals surface area contributed by atoms with Crippen LogP contribution in [0.1, 0.15) is 66.2 Å². The summed E-state index contributed by atoms with van der Waals surface area (Å²) in [6.45, 7) is 2.62. The monoisotopic (exact) mass is 383 g/mol. The normalized spacial score (nSPS) is 10.4. The van der Waals surface area contributed by atoms with E-state index in [0.717, 1.165) is 18.5 Å². The third kappa shape index (κ3) is 7.06. The summed E-state index contributed by atoms with van der Waals surface area (Å²) in [7, 11) is 1.82. The van der Waals surface area contributed by atoms with E-state index >= 15 is 0 Å². The lowest BCUT2D eigenvalue weighted by molar-refractivity contribution is 0.0497. The fourth-order valence-corrected chi connectivity index (χ4v) is 2.73. The van der Waals surface area contributed by atoms with E-state index in [-0.39, 0.29) is 5.97 Å². The molecule has 0 aliphatic carbocycles. The topological polar surface area (TPSA) is 64.6 Å². The van der Waals surface area contributed by atoms with Gasteiger partial charge in [-0.2, -0.15) is 0 Å².